The maximum Gasteiger partial charge on any atom is 0.262 e. The third kappa shape index (κ3) is 3.68. The van der Waals surface area contributed by atoms with E-state index < -0.39 is 0 Å². The molecule has 4 heterocycles. The van der Waals surface area contributed by atoms with Gasteiger partial charge in [-0.15, -0.1) is 10.2 Å². The van der Waals surface area contributed by atoms with Gasteiger partial charge >= 0.3 is 0 Å². The van der Waals surface area contributed by atoms with E-state index in [2.05, 4.69) is 48.3 Å². The molecule has 2 bridgehead atoms. The molecule has 0 saturated heterocycles. The number of hydrogen-bond acceptors (Lipinski definition) is 6. The number of rotatable bonds is 0. The number of fused-ring (bicyclic) bond motifs is 5. The number of anilines is 1. The van der Waals surface area contributed by atoms with E-state index in [1.54, 1.807) is 24.7 Å². The van der Waals surface area contributed by atoms with Crippen molar-refractivity contribution in [1.29, 1.82) is 0 Å². The van der Waals surface area contributed by atoms with Gasteiger partial charge in [0, 0.05) is 16.7 Å². The van der Waals surface area contributed by atoms with Gasteiger partial charge in [-0.2, -0.15) is 0 Å². The predicted molar refractivity (Wildman–Crippen MR) is 103 cm³/mol. The molecule has 4 rings (SSSR count). The topological polar surface area (TPSA) is 94.8 Å². The molecule has 1 aliphatic rings. The van der Waals surface area contributed by atoms with Gasteiger partial charge in [-0.05, 0) is 53.9 Å². The van der Waals surface area contributed by atoms with Crippen LogP contribution in [0.15, 0.2) is 41.3 Å². The average molecular weight is 429 g/mol. The van der Waals surface area contributed by atoms with Crippen LogP contribution in [0.4, 0.5) is 5.82 Å². The van der Waals surface area contributed by atoms with Crippen LogP contribution in [0.3, 0.4) is 0 Å². The number of nitrogens with zero attached hydrogens (tertiary/aromatic N) is 5. The highest BCUT2D eigenvalue weighted by molar-refractivity contribution is 9.10. The van der Waals surface area contributed by atoms with Crippen molar-refractivity contribution in [2.75, 3.05) is 11.9 Å². The van der Waals surface area contributed by atoms with Crippen LogP contribution in [-0.2, 0) is 0 Å². The summed E-state index contributed by atoms with van der Waals surface area (Å²) >= 11 is 3.35. The Morgan fingerprint density at radius 3 is 3.15 bits per heavy atom. The van der Waals surface area contributed by atoms with Crippen molar-refractivity contribution in [1.82, 2.24) is 24.7 Å². The second kappa shape index (κ2) is 7.43. The second-order valence-electron chi connectivity index (χ2n) is 6.27. The van der Waals surface area contributed by atoms with Crippen LogP contribution in [0.2, 0.25) is 0 Å². The molecule has 0 spiro atoms. The number of hydrogen-bond donors (Lipinski definition) is 1. The molecule has 138 valence electrons. The van der Waals surface area contributed by atoms with Gasteiger partial charge in [0.1, 0.15) is 23.4 Å². The number of aromatic nitrogens is 5. The SMILES string of the molecule is C[C@@H]1CCCOc2ncc(Br)cc2C(=O)Nc2cccc(n2)-c2nncn21. The molecule has 1 amide bonds. The fraction of sp³-hybridized carbons (Fsp3) is 0.278. The van der Waals surface area contributed by atoms with Crippen LogP contribution >= 0.6 is 15.9 Å². The summed E-state index contributed by atoms with van der Waals surface area (Å²) in [4.78, 5) is 21.5. The summed E-state index contributed by atoms with van der Waals surface area (Å²) in [7, 11) is 0. The fourth-order valence-electron chi connectivity index (χ4n) is 2.95. The van der Waals surface area contributed by atoms with Gasteiger partial charge in [0.05, 0.1) is 6.61 Å². The summed E-state index contributed by atoms with van der Waals surface area (Å²) < 4.78 is 8.46. The highest BCUT2D eigenvalue weighted by Crippen LogP contribution is 2.25. The number of carbonyl (C=O) groups excluding carboxylic acids is 1. The van der Waals surface area contributed by atoms with Crippen molar-refractivity contribution < 1.29 is 9.53 Å². The van der Waals surface area contributed by atoms with Crippen LogP contribution in [0.1, 0.15) is 36.2 Å². The van der Waals surface area contributed by atoms with Gasteiger partial charge < -0.3 is 14.6 Å². The summed E-state index contributed by atoms with van der Waals surface area (Å²) in [6, 6.07) is 7.27. The summed E-state index contributed by atoms with van der Waals surface area (Å²) in [6.45, 7) is 2.56. The summed E-state index contributed by atoms with van der Waals surface area (Å²) in [5, 5.41) is 11.0. The minimum Gasteiger partial charge on any atom is -0.477 e. The van der Waals surface area contributed by atoms with Crippen LogP contribution in [-0.4, -0.2) is 37.2 Å². The van der Waals surface area contributed by atoms with Crippen LogP contribution in [0, 0.1) is 0 Å². The first-order valence-electron chi connectivity index (χ1n) is 8.58. The van der Waals surface area contributed by atoms with Gasteiger partial charge in [-0.25, -0.2) is 9.97 Å². The Hall–Kier alpha value is -2.81. The largest absolute Gasteiger partial charge is 0.477 e. The van der Waals surface area contributed by atoms with Crippen molar-refractivity contribution in [3.63, 3.8) is 0 Å². The van der Waals surface area contributed by atoms with E-state index in [1.165, 1.54) is 0 Å². The third-order valence-electron chi connectivity index (χ3n) is 4.34. The number of ether oxygens (including phenoxy) is 1. The number of halogens is 1. The first kappa shape index (κ1) is 17.6. The summed E-state index contributed by atoms with van der Waals surface area (Å²) in [5.41, 5.74) is 1.00. The van der Waals surface area contributed by atoms with E-state index in [4.69, 9.17) is 4.74 Å². The van der Waals surface area contributed by atoms with E-state index in [0.29, 0.717) is 39.9 Å². The first-order chi connectivity index (χ1) is 13.1. The standard InChI is InChI=1S/C18H17BrN6O2/c1-11-4-3-7-27-18-13(8-12(19)9-20-18)17(26)23-15-6-2-5-14(22-15)16-24-21-10-25(11)16/h2,5-6,8-11H,3-4,7H2,1H3,(H,22,23,26)/t11-/m1/s1. The van der Waals surface area contributed by atoms with Crippen LogP contribution in [0.25, 0.3) is 11.5 Å². The van der Waals surface area contributed by atoms with E-state index in [-0.39, 0.29) is 11.9 Å². The van der Waals surface area contributed by atoms with Gasteiger partial charge in [0.15, 0.2) is 5.82 Å². The molecule has 0 radical (unpaired) electrons. The molecule has 8 nitrogen and oxygen atoms in total. The molecule has 9 heteroatoms. The van der Waals surface area contributed by atoms with Gasteiger partial charge in [-0.1, -0.05) is 6.07 Å². The molecule has 3 aromatic rings. The van der Waals surface area contributed by atoms with Gasteiger partial charge in [-0.3, -0.25) is 4.79 Å². The minimum absolute atomic E-state index is 0.180. The molecule has 0 saturated carbocycles. The molecule has 3 aromatic heterocycles. The number of carbonyl (C=O) groups is 1. The lowest BCUT2D eigenvalue weighted by atomic mass is 10.1. The van der Waals surface area contributed by atoms with E-state index in [9.17, 15) is 4.79 Å². The Bertz CT molecular complexity index is 989. The fourth-order valence-corrected chi connectivity index (χ4v) is 3.28. The Morgan fingerprint density at radius 2 is 2.26 bits per heavy atom. The second-order valence-corrected chi connectivity index (χ2v) is 7.19. The zero-order chi connectivity index (χ0) is 18.8. The Balaban J connectivity index is 1.77. The molecule has 1 aliphatic heterocycles. The average Bonchev–Trinajstić information content (AvgIpc) is 3.15. The van der Waals surface area contributed by atoms with Crippen molar-refractivity contribution in [3.05, 3.63) is 46.8 Å². The predicted octanol–water partition coefficient (Wildman–Crippen LogP) is 3.48. The highest BCUT2D eigenvalue weighted by Gasteiger charge is 2.19. The molecule has 0 unspecified atom stereocenters. The van der Waals surface area contributed by atoms with Crippen LogP contribution in [0.5, 0.6) is 5.88 Å². The monoisotopic (exact) mass is 428 g/mol. The molecule has 27 heavy (non-hydrogen) atoms. The third-order valence-corrected chi connectivity index (χ3v) is 4.77. The number of amides is 1. The van der Waals surface area contributed by atoms with Crippen molar-refractivity contribution in [3.8, 4) is 17.4 Å². The zero-order valence-corrected chi connectivity index (χ0v) is 16.2. The van der Waals surface area contributed by atoms with Gasteiger partial charge in [0.2, 0.25) is 5.88 Å². The minimum atomic E-state index is -0.338. The van der Waals surface area contributed by atoms with Crippen molar-refractivity contribution in [2.24, 2.45) is 0 Å². The van der Waals surface area contributed by atoms with E-state index >= 15 is 0 Å². The number of pyridine rings is 2. The van der Waals surface area contributed by atoms with E-state index in [1.807, 2.05) is 16.7 Å². The zero-order valence-electron chi connectivity index (χ0n) is 14.6. The molecular weight excluding hydrogens is 412 g/mol. The molecule has 1 N–H and O–H groups in total. The van der Waals surface area contributed by atoms with E-state index in [0.717, 1.165) is 12.8 Å². The quantitative estimate of drug-likeness (QED) is 0.588. The smallest absolute Gasteiger partial charge is 0.262 e. The Labute approximate surface area is 164 Å². The summed E-state index contributed by atoms with van der Waals surface area (Å²) in [6.07, 6.45) is 4.97. The lowest BCUT2D eigenvalue weighted by Crippen LogP contribution is -2.17. The molecule has 0 fully saturated rings. The van der Waals surface area contributed by atoms with Crippen molar-refractivity contribution in [2.45, 2.75) is 25.8 Å². The maximum absolute atomic E-state index is 12.8. The highest BCUT2D eigenvalue weighted by atomic mass is 79.9. The lowest BCUT2D eigenvalue weighted by Gasteiger charge is -2.17. The lowest BCUT2D eigenvalue weighted by molar-refractivity contribution is 0.102. The Kier molecular flexibility index (Phi) is 4.85. The van der Waals surface area contributed by atoms with Gasteiger partial charge in [0.25, 0.3) is 5.91 Å². The van der Waals surface area contributed by atoms with Crippen LogP contribution < -0.4 is 10.1 Å². The molecule has 0 aromatic carbocycles. The molecular formula is C18H17BrN6O2. The molecule has 0 aliphatic carbocycles. The number of nitrogens with one attached hydrogen (secondary N) is 1. The Morgan fingerprint density at radius 1 is 1.37 bits per heavy atom. The maximum atomic E-state index is 12.8. The first-order valence-corrected chi connectivity index (χ1v) is 9.38. The normalized spacial score (nSPS) is 17.1. The summed E-state index contributed by atoms with van der Waals surface area (Å²) in [5.74, 6) is 1.06. The van der Waals surface area contributed by atoms with Crippen molar-refractivity contribution >= 4 is 27.7 Å². The molecule has 1 atom stereocenters.